The molecule has 1 aromatic rings. The molecule has 0 saturated heterocycles. The van der Waals surface area contributed by atoms with Crippen molar-refractivity contribution in [3.05, 3.63) is 27.8 Å². The minimum absolute atomic E-state index is 0.0342. The molecular weight excluding hydrogens is 294 g/mol. The van der Waals surface area contributed by atoms with E-state index in [2.05, 4.69) is 0 Å². The molecule has 0 aromatic heterocycles. The van der Waals surface area contributed by atoms with E-state index in [1.54, 1.807) is 13.8 Å². The first kappa shape index (κ1) is 17.4. The van der Waals surface area contributed by atoms with Gasteiger partial charge in [-0.2, -0.15) is 4.31 Å². The number of sulfonamides is 1. The Kier molecular flexibility index (Phi) is 5.68. The Morgan fingerprint density at radius 1 is 1.33 bits per heavy atom. The maximum Gasteiger partial charge on any atom is 0.293 e. The van der Waals surface area contributed by atoms with Crippen molar-refractivity contribution in [3.63, 3.8) is 0 Å². The predicted molar refractivity (Wildman–Crippen MR) is 81.6 cm³/mol. The Bertz CT molecular complexity index is 629. The van der Waals surface area contributed by atoms with Crippen LogP contribution in [0.2, 0.25) is 0 Å². The highest BCUT2D eigenvalue weighted by molar-refractivity contribution is 7.89. The molecule has 0 aliphatic heterocycles. The molecule has 21 heavy (non-hydrogen) atoms. The topological polar surface area (TPSA) is 107 Å². The second-order valence-electron chi connectivity index (χ2n) is 4.78. The van der Waals surface area contributed by atoms with E-state index in [0.29, 0.717) is 18.7 Å². The molecule has 0 bridgehead atoms. The van der Waals surface area contributed by atoms with Crippen molar-refractivity contribution in [2.24, 2.45) is 0 Å². The molecular formula is C13H21N3O4S. The third-order valence-corrected chi connectivity index (χ3v) is 5.37. The van der Waals surface area contributed by atoms with E-state index in [9.17, 15) is 18.5 Å². The number of nitrogen functional groups attached to an aromatic ring is 1. The number of unbranched alkanes of at least 4 members (excludes halogenated alkanes) is 1. The van der Waals surface area contributed by atoms with Gasteiger partial charge in [0.05, 0.1) is 9.82 Å². The molecule has 0 spiro atoms. The predicted octanol–water partition coefficient (Wildman–Crippen LogP) is 2.30. The number of nitrogens with two attached hydrogens (primary N) is 1. The van der Waals surface area contributed by atoms with Gasteiger partial charge >= 0.3 is 0 Å². The summed E-state index contributed by atoms with van der Waals surface area (Å²) in [6, 6.07) is 2.38. The summed E-state index contributed by atoms with van der Waals surface area (Å²) in [4.78, 5) is 10.2. The van der Waals surface area contributed by atoms with Gasteiger partial charge in [-0.3, -0.25) is 10.1 Å². The molecule has 0 amide bonds. The van der Waals surface area contributed by atoms with E-state index in [-0.39, 0.29) is 16.3 Å². The van der Waals surface area contributed by atoms with E-state index in [4.69, 9.17) is 5.73 Å². The summed E-state index contributed by atoms with van der Waals surface area (Å²) in [6.07, 6.45) is 1.61. The average Bonchev–Trinajstić information content (AvgIpc) is 2.38. The van der Waals surface area contributed by atoms with Gasteiger partial charge in [-0.15, -0.1) is 0 Å². The summed E-state index contributed by atoms with van der Waals surface area (Å²) in [5.74, 6) is 0. The quantitative estimate of drug-likeness (QED) is 0.472. The number of rotatable bonds is 7. The van der Waals surface area contributed by atoms with Crippen molar-refractivity contribution in [1.29, 1.82) is 0 Å². The van der Waals surface area contributed by atoms with Gasteiger partial charge in [0.1, 0.15) is 5.69 Å². The van der Waals surface area contributed by atoms with E-state index >= 15 is 0 Å². The molecule has 1 rings (SSSR count). The van der Waals surface area contributed by atoms with E-state index < -0.39 is 14.9 Å². The number of nitrogens with zero attached hydrogens (tertiary/aromatic N) is 2. The number of aryl methyl sites for hydroxylation is 1. The zero-order valence-electron chi connectivity index (χ0n) is 12.5. The lowest BCUT2D eigenvalue weighted by molar-refractivity contribution is -0.384. The van der Waals surface area contributed by atoms with Crippen LogP contribution in [0.25, 0.3) is 0 Å². The Hall–Kier alpha value is -1.67. The molecule has 0 unspecified atom stereocenters. The number of hydrogen-bond acceptors (Lipinski definition) is 5. The van der Waals surface area contributed by atoms with Crippen LogP contribution < -0.4 is 5.73 Å². The second kappa shape index (κ2) is 6.86. The van der Waals surface area contributed by atoms with Crippen molar-refractivity contribution >= 4 is 21.4 Å². The van der Waals surface area contributed by atoms with Crippen LogP contribution in [0, 0.1) is 17.0 Å². The molecule has 0 aliphatic rings. The number of nitro groups is 1. The highest BCUT2D eigenvalue weighted by atomic mass is 32.2. The smallest absolute Gasteiger partial charge is 0.293 e. The fraction of sp³-hybridized carbons (Fsp3) is 0.538. The van der Waals surface area contributed by atoms with Crippen molar-refractivity contribution in [2.75, 3.05) is 18.8 Å². The summed E-state index contributed by atoms with van der Waals surface area (Å²) in [5.41, 5.74) is 5.57. The highest BCUT2D eigenvalue weighted by Crippen LogP contribution is 2.30. The van der Waals surface area contributed by atoms with E-state index in [0.717, 1.165) is 18.9 Å². The first-order valence-electron chi connectivity index (χ1n) is 6.80. The van der Waals surface area contributed by atoms with Gasteiger partial charge in [-0.05, 0) is 25.0 Å². The summed E-state index contributed by atoms with van der Waals surface area (Å²) >= 11 is 0. The highest BCUT2D eigenvalue weighted by Gasteiger charge is 2.27. The monoisotopic (exact) mass is 315 g/mol. The van der Waals surface area contributed by atoms with E-state index in [1.165, 1.54) is 10.4 Å². The lowest BCUT2D eigenvalue weighted by Gasteiger charge is -2.21. The largest absolute Gasteiger partial charge is 0.393 e. The normalized spacial score (nSPS) is 11.8. The average molecular weight is 315 g/mol. The van der Waals surface area contributed by atoms with Crippen LogP contribution in [0.15, 0.2) is 17.0 Å². The molecule has 7 nitrogen and oxygen atoms in total. The maximum absolute atomic E-state index is 12.6. The molecule has 0 atom stereocenters. The van der Waals surface area contributed by atoms with Crippen LogP contribution in [-0.4, -0.2) is 30.7 Å². The van der Waals surface area contributed by atoms with Gasteiger partial charge in [0, 0.05) is 19.2 Å². The van der Waals surface area contributed by atoms with Crippen LogP contribution in [-0.2, 0) is 10.0 Å². The zero-order valence-corrected chi connectivity index (χ0v) is 13.3. The van der Waals surface area contributed by atoms with Gasteiger partial charge < -0.3 is 5.73 Å². The van der Waals surface area contributed by atoms with Gasteiger partial charge in [-0.25, -0.2) is 8.42 Å². The van der Waals surface area contributed by atoms with Crippen molar-refractivity contribution in [3.8, 4) is 0 Å². The summed E-state index contributed by atoms with van der Waals surface area (Å²) in [5, 5.41) is 10.9. The SMILES string of the molecule is CCCCN(CC)S(=O)(=O)c1cc([N+](=O)[O-])c(N)cc1C. The fourth-order valence-electron chi connectivity index (χ4n) is 2.06. The van der Waals surface area contributed by atoms with Gasteiger partial charge in [0.25, 0.3) is 5.69 Å². The third-order valence-electron chi connectivity index (χ3n) is 3.25. The molecule has 2 N–H and O–H groups in total. The molecule has 0 fully saturated rings. The molecule has 8 heteroatoms. The Balaban J connectivity index is 3.36. The minimum atomic E-state index is -3.75. The van der Waals surface area contributed by atoms with Gasteiger partial charge in [-0.1, -0.05) is 20.3 Å². The molecule has 0 saturated carbocycles. The summed E-state index contributed by atoms with van der Waals surface area (Å²) in [7, 11) is -3.75. The molecule has 0 radical (unpaired) electrons. The molecule has 0 aliphatic carbocycles. The number of anilines is 1. The molecule has 0 heterocycles. The third kappa shape index (κ3) is 3.70. The lowest BCUT2D eigenvalue weighted by atomic mass is 10.2. The van der Waals surface area contributed by atoms with Crippen molar-refractivity contribution < 1.29 is 13.3 Å². The van der Waals surface area contributed by atoms with Crippen LogP contribution in [0.1, 0.15) is 32.3 Å². The van der Waals surface area contributed by atoms with Crippen LogP contribution in [0.3, 0.4) is 0 Å². The lowest BCUT2D eigenvalue weighted by Crippen LogP contribution is -2.32. The van der Waals surface area contributed by atoms with Crippen LogP contribution in [0.5, 0.6) is 0 Å². The van der Waals surface area contributed by atoms with E-state index in [1.807, 2.05) is 6.92 Å². The van der Waals surface area contributed by atoms with Gasteiger partial charge in [0.2, 0.25) is 10.0 Å². The standard InChI is InChI=1S/C13H21N3O4S/c1-4-6-7-15(5-2)21(19,20)13-9-12(16(17)18)11(14)8-10(13)3/h8-9H,4-7,14H2,1-3H3. The first-order chi connectivity index (χ1) is 9.75. The van der Waals surface area contributed by atoms with Crippen molar-refractivity contribution in [2.45, 2.75) is 38.5 Å². The van der Waals surface area contributed by atoms with Crippen molar-refractivity contribution in [1.82, 2.24) is 4.31 Å². The number of hydrogen-bond donors (Lipinski definition) is 1. The summed E-state index contributed by atoms with van der Waals surface area (Å²) in [6.45, 7) is 6.02. The van der Waals surface area contributed by atoms with Gasteiger partial charge in [0.15, 0.2) is 0 Å². The Labute approximate surface area is 124 Å². The minimum Gasteiger partial charge on any atom is -0.393 e. The molecule has 118 valence electrons. The zero-order chi connectivity index (χ0) is 16.2. The maximum atomic E-state index is 12.6. The summed E-state index contributed by atoms with van der Waals surface area (Å²) < 4.78 is 26.6. The van der Waals surface area contributed by atoms with Crippen LogP contribution >= 0.6 is 0 Å². The second-order valence-corrected chi connectivity index (χ2v) is 6.69. The fourth-order valence-corrected chi connectivity index (χ4v) is 3.77. The Morgan fingerprint density at radius 2 is 1.95 bits per heavy atom. The first-order valence-corrected chi connectivity index (χ1v) is 8.24. The number of nitro benzene ring substituents is 1. The van der Waals surface area contributed by atoms with Crippen LogP contribution in [0.4, 0.5) is 11.4 Å². The number of benzene rings is 1. The molecule has 1 aromatic carbocycles. The Morgan fingerprint density at radius 3 is 2.43 bits per heavy atom.